The Bertz CT molecular complexity index is 780. The van der Waals surface area contributed by atoms with Crippen LogP contribution < -0.4 is 10.6 Å². The van der Waals surface area contributed by atoms with Crippen LogP contribution in [0.25, 0.3) is 10.9 Å². The first-order valence-electron chi connectivity index (χ1n) is 7.44. The lowest BCUT2D eigenvalue weighted by Crippen LogP contribution is -2.37. The van der Waals surface area contributed by atoms with E-state index in [1.165, 1.54) is 4.68 Å². The molecule has 0 bridgehead atoms. The van der Waals surface area contributed by atoms with Gasteiger partial charge in [0.2, 0.25) is 0 Å². The molecule has 1 aromatic heterocycles. The quantitative estimate of drug-likeness (QED) is 0.825. The molecule has 0 unspecified atom stereocenters. The van der Waals surface area contributed by atoms with Gasteiger partial charge in [0, 0.05) is 0 Å². The molecule has 118 valence electrons. The molecule has 2 heterocycles. The van der Waals surface area contributed by atoms with E-state index in [0.29, 0.717) is 16.7 Å². The first kappa shape index (κ1) is 15.0. The van der Waals surface area contributed by atoms with Gasteiger partial charge in [-0.2, -0.15) is 0 Å². The Kier molecular flexibility index (Phi) is 3.27. The van der Waals surface area contributed by atoms with Crippen LogP contribution in [0.5, 0.6) is 0 Å². The fourth-order valence-corrected chi connectivity index (χ4v) is 3.29. The van der Waals surface area contributed by atoms with E-state index in [-0.39, 0.29) is 17.1 Å². The number of nitrogens with zero attached hydrogens (tertiary/aromatic N) is 3. The molecule has 0 saturated carbocycles. The second-order valence-corrected chi connectivity index (χ2v) is 6.46. The summed E-state index contributed by atoms with van der Waals surface area (Å²) in [6.07, 6.45) is -1.47. The van der Waals surface area contributed by atoms with Crippen LogP contribution in [0, 0.1) is 0 Å². The Balaban J connectivity index is 2.27. The lowest BCUT2D eigenvalue weighted by atomic mass is 10.1. The van der Waals surface area contributed by atoms with Gasteiger partial charge in [-0.1, -0.05) is 12.1 Å². The normalized spacial score (nSPS) is 22.6. The Labute approximate surface area is 128 Å². The highest BCUT2D eigenvalue weighted by Gasteiger charge is 2.60. The minimum atomic E-state index is -0.886. The molecule has 0 radical (unpaired) electrons. The highest BCUT2D eigenvalue weighted by atomic mass is 16.3. The van der Waals surface area contributed by atoms with E-state index in [0.717, 1.165) is 0 Å². The van der Waals surface area contributed by atoms with Gasteiger partial charge in [-0.3, -0.25) is 9.80 Å². The summed E-state index contributed by atoms with van der Waals surface area (Å²) in [5.41, 5.74) is -0.0307. The van der Waals surface area contributed by atoms with Crippen LogP contribution in [0.4, 0.5) is 0 Å². The lowest BCUT2D eigenvalue weighted by Gasteiger charge is -2.19. The van der Waals surface area contributed by atoms with Gasteiger partial charge in [0.1, 0.15) is 6.10 Å². The molecule has 6 heteroatoms. The highest BCUT2D eigenvalue weighted by molar-refractivity contribution is 5.77. The smallest absolute Gasteiger partial charge is 0.280 e. The zero-order valence-corrected chi connectivity index (χ0v) is 13.2. The monoisotopic (exact) mass is 303 g/mol. The van der Waals surface area contributed by atoms with Crippen molar-refractivity contribution in [3.8, 4) is 0 Å². The van der Waals surface area contributed by atoms with Crippen molar-refractivity contribution in [3.05, 3.63) is 40.4 Å². The van der Waals surface area contributed by atoms with Gasteiger partial charge in [0.05, 0.1) is 28.6 Å². The Morgan fingerprint density at radius 2 is 1.86 bits per heavy atom. The second kappa shape index (κ2) is 4.79. The molecule has 2 aromatic rings. The fourth-order valence-electron chi connectivity index (χ4n) is 3.29. The molecule has 1 saturated heterocycles. The lowest BCUT2D eigenvalue weighted by molar-refractivity contribution is 0.177. The minimum Gasteiger partial charge on any atom is -0.391 e. The fraction of sp³-hybridized carbons (Fsp3) is 0.500. The van der Waals surface area contributed by atoms with Crippen LogP contribution in [0.15, 0.2) is 29.1 Å². The summed E-state index contributed by atoms with van der Waals surface area (Å²) in [6, 6.07) is 6.89. The van der Waals surface area contributed by atoms with Crippen LogP contribution in [-0.4, -0.2) is 37.6 Å². The number of aromatic nitrogens is 2. The molecule has 6 nitrogen and oxygen atoms in total. The first-order valence-corrected chi connectivity index (χ1v) is 7.44. The van der Waals surface area contributed by atoms with Crippen LogP contribution in [0.3, 0.4) is 0 Å². The Morgan fingerprint density at radius 3 is 2.41 bits per heavy atom. The van der Waals surface area contributed by atoms with E-state index < -0.39 is 12.2 Å². The summed E-state index contributed by atoms with van der Waals surface area (Å²) in [6.45, 7) is 7.20. The summed E-state index contributed by atoms with van der Waals surface area (Å²) in [7, 11) is 0. The number of hydrogen-bond acceptors (Lipinski definition) is 5. The molecule has 22 heavy (non-hydrogen) atoms. The van der Waals surface area contributed by atoms with Gasteiger partial charge < -0.3 is 10.2 Å². The number of aliphatic hydroxyl groups is 2. The molecule has 1 fully saturated rings. The third kappa shape index (κ3) is 2.02. The van der Waals surface area contributed by atoms with E-state index in [9.17, 15) is 15.0 Å². The first-order chi connectivity index (χ1) is 10.3. The van der Waals surface area contributed by atoms with E-state index in [1.807, 2.05) is 19.9 Å². The minimum absolute atomic E-state index is 0.189. The van der Waals surface area contributed by atoms with Crippen molar-refractivity contribution in [2.45, 2.75) is 51.5 Å². The van der Waals surface area contributed by atoms with Gasteiger partial charge in [0.15, 0.2) is 5.82 Å². The van der Waals surface area contributed by atoms with Crippen molar-refractivity contribution in [2.75, 3.05) is 5.01 Å². The molecule has 0 spiro atoms. The van der Waals surface area contributed by atoms with Crippen molar-refractivity contribution in [3.63, 3.8) is 0 Å². The van der Waals surface area contributed by atoms with Crippen LogP contribution >= 0.6 is 0 Å². The molecular weight excluding hydrogens is 282 g/mol. The average Bonchev–Trinajstić information content (AvgIpc) is 3.01. The molecule has 3 atom stereocenters. The number of benzene rings is 1. The third-order valence-corrected chi connectivity index (χ3v) is 4.33. The van der Waals surface area contributed by atoms with Gasteiger partial charge in [0.25, 0.3) is 5.56 Å². The van der Waals surface area contributed by atoms with E-state index in [2.05, 4.69) is 4.98 Å². The summed E-state index contributed by atoms with van der Waals surface area (Å²) in [5, 5.41) is 22.3. The van der Waals surface area contributed by atoms with Crippen molar-refractivity contribution >= 4 is 10.9 Å². The maximum atomic E-state index is 12.9. The van der Waals surface area contributed by atoms with Gasteiger partial charge >= 0.3 is 0 Å². The summed E-state index contributed by atoms with van der Waals surface area (Å²) < 4.78 is 1.42. The van der Waals surface area contributed by atoms with Crippen molar-refractivity contribution in [1.82, 2.24) is 9.66 Å². The molecule has 1 aromatic carbocycles. The van der Waals surface area contributed by atoms with E-state index >= 15 is 0 Å². The van der Waals surface area contributed by atoms with Crippen LogP contribution in [-0.2, 0) is 0 Å². The topological polar surface area (TPSA) is 78.4 Å². The predicted octanol–water partition coefficient (Wildman–Crippen LogP) is 0.929. The molecule has 2 N–H and O–H groups in total. The molecule has 0 amide bonds. The Hall–Kier alpha value is -1.92. The molecule has 0 aliphatic carbocycles. The van der Waals surface area contributed by atoms with Crippen molar-refractivity contribution in [1.29, 1.82) is 0 Å². The maximum Gasteiger partial charge on any atom is 0.280 e. The molecule has 1 aliphatic heterocycles. The summed E-state index contributed by atoms with van der Waals surface area (Å²) in [5.74, 6) is 0.292. The highest BCUT2D eigenvalue weighted by Crippen LogP contribution is 2.40. The van der Waals surface area contributed by atoms with Gasteiger partial charge in [-0.15, -0.1) is 0 Å². The van der Waals surface area contributed by atoms with Gasteiger partial charge in [-0.25, -0.2) is 9.66 Å². The molecule has 1 aliphatic rings. The average molecular weight is 303 g/mol. The summed E-state index contributed by atoms with van der Waals surface area (Å²) in [4.78, 5) is 17.3. The third-order valence-electron chi connectivity index (χ3n) is 4.33. The summed E-state index contributed by atoms with van der Waals surface area (Å²) >= 11 is 0. The molecule has 3 rings (SSSR count). The van der Waals surface area contributed by atoms with Crippen LogP contribution in [0.1, 0.15) is 39.6 Å². The van der Waals surface area contributed by atoms with Crippen molar-refractivity contribution in [2.24, 2.45) is 0 Å². The molecular formula is C16H21N3O3. The number of rotatable bonds is 3. The predicted molar refractivity (Wildman–Crippen MR) is 84.4 cm³/mol. The Morgan fingerprint density at radius 1 is 1.23 bits per heavy atom. The van der Waals surface area contributed by atoms with Crippen molar-refractivity contribution < 1.29 is 10.2 Å². The zero-order valence-electron chi connectivity index (χ0n) is 13.2. The number of aliphatic hydroxyl groups excluding tert-OH is 2. The standard InChI is InChI=1S/C16H21N3O3/c1-9(20)13-16(3,4)19(13)18-14(10(2)21)17-12-8-6-5-7-11(12)15(18)22/h5-10,13,20-21H,1-4H3/t9-,10-,13+,19?/m0/s1. The largest absolute Gasteiger partial charge is 0.391 e. The zero-order chi connectivity index (χ0) is 16.2. The number of para-hydroxylation sites is 1. The van der Waals surface area contributed by atoms with Crippen LogP contribution in [0.2, 0.25) is 0 Å². The second-order valence-electron chi connectivity index (χ2n) is 6.46. The van der Waals surface area contributed by atoms with E-state index in [1.54, 1.807) is 37.1 Å². The number of fused-ring (bicyclic) bond motifs is 1. The SMILES string of the molecule is C[C@H](O)c1nc2ccccc2c(=O)n1N1[C@H]([C@H](C)O)C1(C)C. The van der Waals surface area contributed by atoms with E-state index in [4.69, 9.17) is 0 Å². The van der Waals surface area contributed by atoms with Gasteiger partial charge in [-0.05, 0) is 39.8 Å². The maximum absolute atomic E-state index is 12.9. The number of hydrogen-bond donors (Lipinski definition) is 2.